The molecular weight excluding hydrogens is 403 g/mol. The standard InChI is InChI=1S/C23H28BF2NO4/c1-22(2,27)20-15(7-4-8-18(20)25)16-12-17-13(11-19(16)26)10-14(6-5-9-24(30)31)23(17,3)21(28)29/h4,7-8,11-12,14,30-31H,5-6,9-10,27H2,1-3H3,(H,28,29)/t14-,23-/m0/s1. The quantitative estimate of drug-likeness (QED) is 0.502. The van der Waals surface area contributed by atoms with Gasteiger partial charge in [-0.1, -0.05) is 18.6 Å². The van der Waals surface area contributed by atoms with Gasteiger partial charge in [-0.15, -0.1) is 0 Å². The molecule has 0 unspecified atom stereocenters. The molecule has 2 aromatic carbocycles. The predicted molar refractivity (Wildman–Crippen MR) is 115 cm³/mol. The molecule has 0 fully saturated rings. The summed E-state index contributed by atoms with van der Waals surface area (Å²) in [5, 5.41) is 28.3. The van der Waals surface area contributed by atoms with E-state index in [-0.39, 0.29) is 23.4 Å². The van der Waals surface area contributed by atoms with Crippen LogP contribution in [0.15, 0.2) is 30.3 Å². The van der Waals surface area contributed by atoms with Crippen molar-refractivity contribution in [3.8, 4) is 11.1 Å². The summed E-state index contributed by atoms with van der Waals surface area (Å²) in [5.74, 6) is -2.47. The molecule has 0 bridgehead atoms. The van der Waals surface area contributed by atoms with Crippen molar-refractivity contribution >= 4 is 13.1 Å². The number of aliphatic carboxylic acids is 1. The average Bonchev–Trinajstić information content (AvgIpc) is 2.92. The number of rotatable bonds is 7. The van der Waals surface area contributed by atoms with Crippen molar-refractivity contribution < 1.29 is 28.7 Å². The number of carboxylic acid groups (broad SMARTS) is 1. The molecule has 0 spiro atoms. The number of fused-ring (bicyclic) bond motifs is 1. The van der Waals surface area contributed by atoms with Crippen molar-refractivity contribution in [2.24, 2.45) is 11.7 Å². The fourth-order valence-electron chi connectivity index (χ4n) is 4.79. The SMILES string of the molecule is CC(C)(N)c1c(F)cccc1-c1cc2c(cc1F)C[C@H](CCCB(O)O)[C@]2(C)C(=O)O. The highest BCUT2D eigenvalue weighted by atomic mass is 19.1. The Morgan fingerprint density at radius 3 is 2.48 bits per heavy atom. The predicted octanol–water partition coefficient (Wildman–Crippen LogP) is 3.59. The van der Waals surface area contributed by atoms with Gasteiger partial charge in [0, 0.05) is 16.7 Å². The Balaban J connectivity index is 2.13. The first-order chi connectivity index (χ1) is 14.4. The first kappa shape index (κ1) is 23.4. The van der Waals surface area contributed by atoms with Gasteiger partial charge in [-0.25, -0.2) is 8.78 Å². The Morgan fingerprint density at radius 2 is 1.90 bits per heavy atom. The second kappa shape index (κ2) is 8.33. The van der Waals surface area contributed by atoms with Gasteiger partial charge < -0.3 is 20.9 Å². The number of hydrogen-bond acceptors (Lipinski definition) is 4. The Kier molecular flexibility index (Phi) is 6.29. The van der Waals surface area contributed by atoms with E-state index >= 15 is 4.39 Å². The Hall–Kier alpha value is -2.29. The highest BCUT2D eigenvalue weighted by Gasteiger charge is 2.49. The number of carboxylic acids is 1. The highest BCUT2D eigenvalue weighted by molar-refractivity contribution is 6.40. The van der Waals surface area contributed by atoms with Gasteiger partial charge in [-0.05, 0) is 80.7 Å². The van der Waals surface area contributed by atoms with Crippen molar-refractivity contribution in [2.75, 3.05) is 0 Å². The molecule has 0 radical (unpaired) electrons. The van der Waals surface area contributed by atoms with Crippen LogP contribution < -0.4 is 5.73 Å². The lowest BCUT2D eigenvalue weighted by atomic mass is 9.72. The maximum Gasteiger partial charge on any atom is 0.451 e. The van der Waals surface area contributed by atoms with E-state index in [1.165, 1.54) is 24.3 Å². The van der Waals surface area contributed by atoms with E-state index in [1.54, 1.807) is 26.8 Å². The van der Waals surface area contributed by atoms with Gasteiger partial charge in [0.15, 0.2) is 0 Å². The van der Waals surface area contributed by atoms with E-state index in [9.17, 15) is 14.3 Å². The topological polar surface area (TPSA) is 104 Å². The molecule has 8 heteroatoms. The zero-order valence-corrected chi connectivity index (χ0v) is 18.0. The molecule has 0 heterocycles. The zero-order valence-electron chi connectivity index (χ0n) is 18.0. The lowest BCUT2D eigenvalue weighted by Gasteiger charge is -2.29. The van der Waals surface area contributed by atoms with Crippen LogP contribution in [0.3, 0.4) is 0 Å². The number of halogens is 2. The van der Waals surface area contributed by atoms with Crippen LogP contribution in [-0.2, 0) is 22.2 Å². The van der Waals surface area contributed by atoms with Gasteiger partial charge in [-0.2, -0.15) is 0 Å². The minimum atomic E-state index is -1.45. The first-order valence-electron chi connectivity index (χ1n) is 10.4. The van der Waals surface area contributed by atoms with E-state index in [4.69, 9.17) is 15.8 Å². The van der Waals surface area contributed by atoms with E-state index < -0.39 is 35.7 Å². The summed E-state index contributed by atoms with van der Waals surface area (Å²) in [6.07, 6.45) is 1.40. The zero-order chi connectivity index (χ0) is 23.1. The molecule has 0 saturated carbocycles. The van der Waals surface area contributed by atoms with E-state index in [0.717, 1.165) is 0 Å². The Bertz CT molecular complexity index is 1010. The molecule has 31 heavy (non-hydrogen) atoms. The maximum atomic E-state index is 15.2. The third-order valence-electron chi connectivity index (χ3n) is 6.44. The van der Waals surface area contributed by atoms with Crippen LogP contribution in [0.2, 0.25) is 6.32 Å². The summed E-state index contributed by atoms with van der Waals surface area (Å²) in [7, 11) is -1.45. The summed E-state index contributed by atoms with van der Waals surface area (Å²) in [5.41, 5.74) is 5.49. The molecule has 0 aromatic heterocycles. The maximum absolute atomic E-state index is 15.2. The van der Waals surface area contributed by atoms with E-state index in [0.29, 0.717) is 36.0 Å². The molecule has 5 N–H and O–H groups in total. The minimum absolute atomic E-state index is 0.116. The largest absolute Gasteiger partial charge is 0.481 e. The molecule has 0 amide bonds. The Morgan fingerprint density at radius 1 is 1.23 bits per heavy atom. The summed E-state index contributed by atoms with van der Waals surface area (Å²) in [6, 6.07) is 7.19. The van der Waals surface area contributed by atoms with Crippen molar-refractivity contribution in [3.63, 3.8) is 0 Å². The summed E-state index contributed by atoms with van der Waals surface area (Å²) in [4.78, 5) is 12.3. The number of nitrogens with two attached hydrogens (primary N) is 1. The summed E-state index contributed by atoms with van der Waals surface area (Å²) < 4.78 is 29.8. The molecule has 1 aliphatic carbocycles. The molecule has 0 saturated heterocycles. The van der Waals surface area contributed by atoms with Crippen LogP contribution in [0.25, 0.3) is 11.1 Å². The van der Waals surface area contributed by atoms with Crippen LogP contribution in [0.1, 0.15) is 50.3 Å². The monoisotopic (exact) mass is 431 g/mol. The average molecular weight is 431 g/mol. The van der Waals surface area contributed by atoms with Crippen LogP contribution in [0.5, 0.6) is 0 Å². The lowest BCUT2D eigenvalue weighted by Crippen LogP contribution is -2.37. The van der Waals surface area contributed by atoms with E-state index in [1.807, 2.05) is 0 Å². The molecular formula is C23H28BF2NO4. The van der Waals surface area contributed by atoms with E-state index in [2.05, 4.69) is 0 Å². The smallest absolute Gasteiger partial charge is 0.451 e. The number of benzene rings is 2. The van der Waals surface area contributed by atoms with Gasteiger partial charge in [-0.3, -0.25) is 4.79 Å². The van der Waals surface area contributed by atoms with Gasteiger partial charge in [0.2, 0.25) is 0 Å². The van der Waals surface area contributed by atoms with Crippen molar-refractivity contribution in [3.05, 3.63) is 58.7 Å². The van der Waals surface area contributed by atoms with Crippen molar-refractivity contribution in [1.82, 2.24) is 0 Å². The van der Waals surface area contributed by atoms with Crippen LogP contribution in [0.4, 0.5) is 8.78 Å². The van der Waals surface area contributed by atoms with Crippen molar-refractivity contribution in [1.29, 1.82) is 0 Å². The van der Waals surface area contributed by atoms with Crippen molar-refractivity contribution in [2.45, 2.75) is 57.3 Å². The summed E-state index contributed by atoms with van der Waals surface area (Å²) >= 11 is 0. The fourth-order valence-corrected chi connectivity index (χ4v) is 4.79. The minimum Gasteiger partial charge on any atom is -0.481 e. The van der Waals surface area contributed by atoms with Crippen LogP contribution >= 0.6 is 0 Å². The molecule has 2 aromatic rings. The van der Waals surface area contributed by atoms with Crippen LogP contribution in [0, 0.1) is 17.6 Å². The number of carbonyl (C=O) groups is 1. The normalized spacial score (nSPS) is 20.6. The fraction of sp³-hybridized carbons (Fsp3) is 0.435. The van der Waals surface area contributed by atoms with Crippen LogP contribution in [-0.4, -0.2) is 28.2 Å². The highest BCUT2D eigenvalue weighted by Crippen LogP contribution is 2.48. The van der Waals surface area contributed by atoms with Gasteiger partial charge in [0.1, 0.15) is 11.6 Å². The lowest BCUT2D eigenvalue weighted by molar-refractivity contribution is -0.145. The third-order valence-corrected chi connectivity index (χ3v) is 6.44. The third kappa shape index (κ3) is 4.24. The molecule has 2 atom stereocenters. The Labute approximate surface area is 181 Å². The second-order valence-corrected chi connectivity index (χ2v) is 9.19. The summed E-state index contributed by atoms with van der Waals surface area (Å²) in [6.45, 7) is 4.88. The van der Waals surface area contributed by atoms with Gasteiger partial charge in [0.05, 0.1) is 5.41 Å². The molecule has 0 aliphatic heterocycles. The molecule has 1 aliphatic rings. The first-order valence-corrected chi connectivity index (χ1v) is 10.4. The van der Waals surface area contributed by atoms with Gasteiger partial charge in [0.25, 0.3) is 0 Å². The molecule has 3 rings (SSSR count). The van der Waals surface area contributed by atoms with Gasteiger partial charge >= 0.3 is 13.1 Å². The number of hydrogen-bond donors (Lipinski definition) is 4. The second-order valence-electron chi connectivity index (χ2n) is 9.19. The molecule has 166 valence electrons. The molecule has 5 nitrogen and oxygen atoms in total.